The van der Waals surface area contributed by atoms with Crippen LogP contribution in [0.25, 0.3) is 0 Å². The number of hydrogen-bond acceptors (Lipinski definition) is 6. The van der Waals surface area contributed by atoms with Gasteiger partial charge in [-0.05, 0) is 43.9 Å². The van der Waals surface area contributed by atoms with Gasteiger partial charge in [0, 0.05) is 12.6 Å². The number of nitrogens with two attached hydrogens (primary N) is 1. The van der Waals surface area contributed by atoms with E-state index in [1.165, 1.54) is 18.2 Å². The van der Waals surface area contributed by atoms with Crippen molar-refractivity contribution in [3.8, 4) is 11.8 Å². The number of nitrogens with zero attached hydrogens (tertiary/aromatic N) is 2. The van der Waals surface area contributed by atoms with Gasteiger partial charge < -0.3 is 9.64 Å². The zero-order valence-corrected chi connectivity index (χ0v) is 16.2. The summed E-state index contributed by atoms with van der Waals surface area (Å²) in [6.07, 6.45) is 3.03. The molecule has 1 aromatic rings. The van der Waals surface area contributed by atoms with Crippen LogP contribution in [0.15, 0.2) is 23.1 Å². The van der Waals surface area contributed by atoms with E-state index in [0.29, 0.717) is 25.3 Å². The second-order valence-electron chi connectivity index (χ2n) is 6.76. The number of carbonyl (C=O) groups is 1. The lowest BCUT2D eigenvalue weighted by molar-refractivity contribution is -0.133. The maximum atomic E-state index is 12.6. The maximum absolute atomic E-state index is 12.6. The van der Waals surface area contributed by atoms with Crippen molar-refractivity contribution in [3.05, 3.63) is 23.2 Å². The summed E-state index contributed by atoms with van der Waals surface area (Å²) >= 11 is 6.06. The monoisotopic (exact) mass is 412 g/mol. The Kier molecular flexibility index (Phi) is 5.91. The molecule has 146 valence electrons. The Morgan fingerprint density at radius 3 is 2.85 bits per heavy atom. The van der Waals surface area contributed by atoms with Crippen LogP contribution in [0.2, 0.25) is 5.02 Å². The van der Waals surface area contributed by atoms with Crippen LogP contribution in [0.1, 0.15) is 25.7 Å². The third kappa shape index (κ3) is 4.52. The molecule has 0 unspecified atom stereocenters. The van der Waals surface area contributed by atoms with Crippen LogP contribution >= 0.6 is 11.6 Å². The molecule has 2 heterocycles. The number of carbonyl (C=O) groups excluding carboxylic acids is 1. The zero-order chi connectivity index (χ0) is 19.6. The van der Waals surface area contributed by atoms with Crippen molar-refractivity contribution in [1.82, 2.24) is 10.2 Å². The number of nitriles is 1. The van der Waals surface area contributed by atoms with Gasteiger partial charge in [-0.25, -0.2) is 13.6 Å². The molecule has 1 amide bonds. The number of benzene rings is 1. The van der Waals surface area contributed by atoms with Crippen LogP contribution in [0.5, 0.6) is 5.75 Å². The van der Waals surface area contributed by atoms with Gasteiger partial charge in [-0.15, -0.1) is 0 Å². The third-order valence-corrected chi connectivity index (χ3v) is 6.10. The molecule has 0 aromatic heterocycles. The van der Waals surface area contributed by atoms with Crippen molar-refractivity contribution in [2.75, 3.05) is 13.2 Å². The van der Waals surface area contributed by atoms with Gasteiger partial charge in [-0.3, -0.25) is 10.1 Å². The lowest BCUT2D eigenvalue weighted by Gasteiger charge is -2.24. The minimum Gasteiger partial charge on any atom is -0.490 e. The highest BCUT2D eigenvalue weighted by atomic mass is 35.5. The summed E-state index contributed by atoms with van der Waals surface area (Å²) in [5, 5.41) is 17.6. The molecule has 2 aliphatic rings. The predicted molar refractivity (Wildman–Crippen MR) is 98.6 cm³/mol. The normalized spacial score (nSPS) is 25.4. The number of ether oxygens (including phenoxy) is 1. The van der Waals surface area contributed by atoms with Gasteiger partial charge in [0.25, 0.3) is 0 Å². The average Bonchev–Trinajstić information content (AvgIpc) is 3.28. The number of rotatable bonds is 5. The van der Waals surface area contributed by atoms with Crippen LogP contribution in [0.4, 0.5) is 0 Å². The van der Waals surface area contributed by atoms with E-state index in [1.807, 2.05) is 0 Å². The fourth-order valence-corrected chi connectivity index (χ4v) is 4.32. The van der Waals surface area contributed by atoms with E-state index in [2.05, 4.69) is 11.4 Å². The minimum absolute atomic E-state index is 0.0305. The second-order valence-corrected chi connectivity index (χ2v) is 8.73. The smallest absolute Gasteiger partial charge is 0.240 e. The van der Waals surface area contributed by atoms with E-state index in [1.54, 1.807) is 4.90 Å². The van der Waals surface area contributed by atoms with Crippen LogP contribution in [-0.2, 0) is 14.8 Å². The first-order valence-corrected chi connectivity index (χ1v) is 10.6. The number of hydrogen-bond donors (Lipinski definition) is 2. The zero-order valence-electron chi connectivity index (χ0n) is 14.6. The minimum atomic E-state index is -3.82. The Morgan fingerprint density at radius 2 is 2.19 bits per heavy atom. The average molecular weight is 413 g/mol. The molecule has 0 bridgehead atoms. The van der Waals surface area contributed by atoms with Crippen LogP contribution < -0.4 is 15.2 Å². The second kappa shape index (κ2) is 8.02. The number of nitrogens with one attached hydrogen (secondary N) is 1. The van der Waals surface area contributed by atoms with E-state index in [0.717, 1.165) is 19.3 Å². The van der Waals surface area contributed by atoms with Gasteiger partial charge in [0.05, 0.1) is 22.0 Å². The van der Waals surface area contributed by atoms with Gasteiger partial charge in [0.2, 0.25) is 15.9 Å². The molecule has 3 atom stereocenters. The van der Waals surface area contributed by atoms with Gasteiger partial charge in [0.1, 0.15) is 18.4 Å². The molecule has 0 saturated carbocycles. The van der Waals surface area contributed by atoms with Gasteiger partial charge in [0.15, 0.2) is 0 Å². The lowest BCUT2D eigenvalue weighted by Crippen LogP contribution is -2.47. The predicted octanol–water partition coefficient (Wildman–Crippen LogP) is 1.00. The molecule has 2 saturated heterocycles. The summed E-state index contributed by atoms with van der Waals surface area (Å²) < 4.78 is 28.3. The third-order valence-electron chi connectivity index (χ3n) is 4.90. The molecule has 3 N–H and O–H groups in total. The van der Waals surface area contributed by atoms with Crippen molar-refractivity contribution in [1.29, 1.82) is 5.26 Å². The Hall–Kier alpha value is -1.86. The van der Waals surface area contributed by atoms with E-state index < -0.39 is 10.0 Å². The first-order chi connectivity index (χ1) is 12.8. The largest absolute Gasteiger partial charge is 0.490 e. The summed E-state index contributed by atoms with van der Waals surface area (Å²) in [6.45, 7) is 0.919. The fourth-order valence-electron chi connectivity index (χ4n) is 3.48. The number of likely N-dealkylation sites (tertiary alicyclic amines) is 1. The van der Waals surface area contributed by atoms with Gasteiger partial charge >= 0.3 is 0 Å². The van der Waals surface area contributed by atoms with Crippen LogP contribution in [0.3, 0.4) is 0 Å². The van der Waals surface area contributed by atoms with E-state index in [4.69, 9.17) is 26.7 Å². The van der Waals surface area contributed by atoms with Crippen LogP contribution in [-0.4, -0.2) is 50.5 Å². The molecule has 0 radical (unpaired) electrons. The standard InChI is InChI=1S/C17H21ClN4O4S/c18-14-8-13(27(20,24)25)4-6-16(14)26-10-11-3-5-15(21-11)17(23)22-7-1-2-12(22)9-19/h4,6,8,11-12,15,21H,1-3,5,7,10H2,(H2,20,24,25)/t11-,12+,15+/m1/s1. The number of halogens is 1. The molecular formula is C17H21ClN4O4S. The first-order valence-electron chi connectivity index (χ1n) is 8.71. The highest BCUT2D eigenvalue weighted by molar-refractivity contribution is 7.89. The number of primary sulfonamides is 1. The molecule has 3 rings (SSSR count). The van der Waals surface area contributed by atoms with Crippen molar-refractivity contribution >= 4 is 27.5 Å². The summed E-state index contributed by atoms with van der Waals surface area (Å²) in [7, 11) is -3.82. The molecule has 0 aliphatic carbocycles. The first kappa shape index (κ1) is 19.9. The van der Waals surface area contributed by atoms with Gasteiger partial charge in [-0.2, -0.15) is 5.26 Å². The quantitative estimate of drug-likeness (QED) is 0.743. The molecular weight excluding hydrogens is 392 g/mol. The van der Waals surface area contributed by atoms with Crippen LogP contribution in [0, 0.1) is 11.3 Å². The van der Waals surface area contributed by atoms with Crippen molar-refractivity contribution in [2.45, 2.75) is 48.7 Å². The number of amides is 1. The van der Waals surface area contributed by atoms with Crippen molar-refractivity contribution in [3.63, 3.8) is 0 Å². The maximum Gasteiger partial charge on any atom is 0.240 e. The van der Waals surface area contributed by atoms with E-state index in [9.17, 15) is 13.2 Å². The molecule has 0 spiro atoms. The van der Waals surface area contributed by atoms with E-state index in [-0.39, 0.29) is 34.0 Å². The highest BCUT2D eigenvalue weighted by Crippen LogP contribution is 2.28. The molecule has 1 aromatic carbocycles. The molecule has 10 heteroatoms. The highest BCUT2D eigenvalue weighted by Gasteiger charge is 2.37. The summed E-state index contributed by atoms with van der Waals surface area (Å²) in [5.41, 5.74) is 0. The van der Waals surface area contributed by atoms with E-state index >= 15 is 0 Å². The Balaban J connectivity index is 1.55. The topological polar surface area (TPSA) is 126 Å². The lowest BCUT2D eigenvalue weighted by atomic mass is 10.1. The SMILES string of the molecule is N#C[C@@H]1CCCN1C(=O)[C@@H]1CC[C@H](COc2ccc(S(N)(=O)=O)cc2Cl)N1. The molecule has 2 fully saturated rings. The summed E-state index contributed by atoms with van der Waals surface area (Å²) in [6, 6.07) is 5.55. The van der Waals surface area contributed by atoms with Crippen molar-refractivity contribution in [2.24, 2.45) is 5.14 Å². The molecule has 27 heavy (non-hydrogen) atoms. The molecule has 8 nitrogen and oxygen atoms in total. The fraction of sp³-hybridized carbons (Fsp3) is 0.529. The van der Waals surface area contributed by atoms with Gasteiger partial charge in [-0.1, -0.05) is 11.6 Å². The summed E-state index contributed by atoms with van der Waals surface area (Å²) in [5.74, 6) is 0.321. The Bertz CT molecular complexity index is 870. The molecule has 2 aliphatic heterocycles. The van der Waals surface area contributed by atoms with Crippen molar-refractivity contribution < 1.29 is 17.9 Å². The number of sulfonamides is 1. The summed E-state index contributed by atoms with van der Waals surface area (Å²) in [4.78, 5) is 14.2. The Labute approximate surface area is 163 Å². The Morgan fingerprint density at radius 1 is 1.41 bits per heavy atom.